The van der Waals surface area contributed by atoms with E-state index in [1.807, 2.05) is 29.2 Å². The first-order valence-electron chi connectivity index (χ1n) is 12.1. The molecule has 2 amide bonds. The predicted molar refractivity (Wildman–Crippen MR) is 118 cm³/mol. The summed E-state index contributed by atoms with van der Waals surface area (Å²) in [4.78, 5) is 29.6. The van der Waals surface area contributed by atoms with Gasteiger partial charge < -0.3 is 10.6 Å². The number of piperidine rings is 1. The second kappa shape index (κ2) is 8.33. The number of fused-ring (bicyclic) bond motifs is 4. The maximum Gasteiger partial charge on any atom is 0.235 e. The Kier molecular flexibility index (Phi) is 5.57. The van der Waals surface area contributed by atoms with Gasteiger partial charge in [0, 0.05) is 37.3 Å². The van der Waals surface area contributed by atoms with Gasteiger partial charge in [0.2, 0.25) is 11.8 Å². The third kappa shape index (κ3) is 3.66. The number of anilines is 1. The molecule has 0 spiro atoms. The van der Waals surface area contributed by atoms with E-state index in [9.17, 15) is 9.59 Å². The van der Waals surface area contributed by atoms with Crippen LogP contribution in [0.1, 0.15) is 75.7 Å². The number of hydrogen-bond acceptors (Lipinski definition) is 3. The van der Waals surface area contributed by atoms with Gasteiger partial charge in [-0.15, -0.1) is 0 Å². The zero-order chi connectivity index (χ0) is 20.7. The molecular formula is C25H35N3O2. The second-order valence-corrected chi connectivity index (χ2v) is 10.0. The standard InChI is InChI=1S/C25H35N3O2/c26-24(29)16-21-20-9-1-2-10-22(20)28(25(21)30)19-11-13-27(14-12-19)23-15-17-5-3-7-18(23)8-4-6-17/h1-2,9-10,17-19,21,23H,3-8,11-16H2,(H2,26,29). The number of rotatable bonds is 4. The van der Waals surface area contributed by atoms with Crippen LogP contribution in [0.15, 0.2) is 24.3 Å². The van der Waals surface area contributed by atoms with Crippen molar-refractivity contribution in [3.8, 4) is 0 Å². The highest BCUT2D eigenvalue weighted by Crippen LogP contribution is 2.43. The summed E-state index contributed by atoms with van der Waals surface area (Å²) in [6.07, 6.45) is 12.1. The van der Waals surface area contributed by atoms with Crippen LogP contribution in [0, 0.1) is 11.8 Å². The molecule has 1 saturated heterocycles. The van der Waals surface area contributed by atoms with Gasteiger partial charge in [-0.2, -0.15) is 0 Å². The number of para-hydroxylation sites is 1. The Labute approximate surface area is 180 Å². The number of carbonyl (C=O) groups excluding carboxylic acids is 2. The first-order chi connectivity index (χ1) is 14.6. The summed E-state index contributed by atoms with van der Waals surface area (Å²) in [5.41, 5.74) is 7.43. The van der Waals surface area contributed by atoms with Crippen molar-refractivity contribution in [1.82, 2.24) is 4.90 Å². The van der Waals surface area contributed by atoms with Crippen molar-refractivity contribution in [2.45, 2.75) is 82.2 Å². The molecule has 1 aromatic rings. The van der Waals surface area contributed by atoms with Crippen molar-refractivity contribution in [3.05, 3.63) is 29.8 Å². The van der Waals surface area contributed by atoms with Crippen LogP contribution < -0.4 is 10.6 Å². The molecule has 0 aromatic heterocycles. The summed E-state index contributed by atoms with van der Waals surface area (Å²) >= 11 is 0. The van der Waals surface area contributed by atoms with Gasteiger partial charge in [0.1, 0.15) is 0 Å². The molecule has 2 aliphatic carbocycles. The number of likely N-dealkylation sites (tertiary alicyclic amines) is 1. The van der Waals surface area contributed by atoms with Crippen LogP contribution in [-0.2, 0) is 9.59 Å². The van der Waals surface area contributed by atoms with Crippen molar-refractivity contribution in [2.75, 3.05) is 18.0 Å². The average molecular weight is 410 g/mol. The first-order valence-corrected chi connectivity index (χ1v) is 12.1. The van der Waals surface area contributed by atoms with E-state index in [0.29, 0.717) is 0 Å². The molecule has 162 valence electrons. The Hall–Kier alpha value is -1.88. The minimum atomic E-state index is -0.405. The number of carbonyl (C=O) groups is 2. The van der Waals surface area contributed by atoms with E-state index in [1.165, 1.54) is 44.9 Å². The van der Waals surface area contributed by atoms with E-state index in [-0.39, 0.29) is 18.4 Å². The largest absolute Gasteiger partial charge is 0.370 e. The lowest BCUT2D eigenvalue weighted by Crippen LogP contribution is -2.51. The zero-order valence-corrected chi connectivity index (χ0v) is 18.0. The van der Waals surface area contributed by atoms with Crippen LogP contribution in [0.25, 0.3) is 0 Å². The van der Waals surface area contributed by atoms with E-state index in [1.54, 1.807) is 0 Å². The van der Waals surface area contributed by atoms with Gasteiger partial charge in [-0.05, 0) is 55.6 Å². The maximum absolute atomic E-state index is 13.3. The quantitative estimate of drug-likeness (QED) is 0.822. The monoisotopic (exact) mass is 409 g/mol. The molecule has 2 bridgehead atoms. The lowest BCUT2D eigenvalue weighted by atomic mass is 9.89. The fourth-order valence-corrected chi connectivity index (χ4v) is 6.90. The lowest BCUT2D eigenvalue weighted by Gasteiger charge is -2.43. The van der Waals surface area contributed by atoms with Crippen LogP contribution in [0.4, 0.5) is 5.69 Å². The molecule has 2 N–H and O–H groups in total. The molecule has 2 unspecified atom stereocenters. The van der Waals surface area contributed by atoms with Crippen LogP contribution in [0.2, 0.25) is 0 Å². The van der Waals surface area contributed by atoms with Crippen LogP contribution in [0.5, 0.6) is 0 Å². The number of amides is 2. The molecule has 2 heterocycles. The Morgan fingerprint density at radius 1 is 1.00 bits per heavy atom. The molecule has 5 nitrogen and oxygen atoms in total. The molecule has 1 aromatic carbocycles. The van der Waals surface area contributed by atoms with E-state index < -0.39 is 11.8 Å². The van der Waals surface area contributed by atoms with E-state index in [0.717, 1.165) is 55.1 Å². The van der Waals surface area contributed by atoms with Crippen LogP contribution in [0.3, 0.4) is 0 Å². The average Bonchev–Trinajstić information content (AvgIpc) is 2.90. The predicted octanol–water partition coefficient (Wildman–Crippen LogP) is 3.82. The van der Waals surface area contributed by atoms with Crippen LogP contribution >= 0.6 is 0 Å². The smallest absolute Gasteiger partial charge is 0.235 e. The minimum Gasteiger partial charge on any atom is -0.370 e. The van der Waals surface area contributed by atoms with Gasteiger partial charge >= 0.3 is 0 Å². The summed E-state index contributed by atoms with van der Waals surface area (Å²) in [6, 6.07) is 8.96. The molecule has 5 heteroatoms. The van der Waals surface area contributed by atoms with E-state index in [4.69, 9.17) is 5.73 Å². The number of nitrogens with zero attached hydrogens (tertiary/aromatic N) is 2. The molecule has 4 aliphatic rings. The number of nitrogens with two attached hydrogens (primary N) is 1. The highest BCUT2D eigenvalue weighted by molar-refractivity contribution is 6.07. The number of hydrogen-bond donors (Lipinski definition) is 1. The molecular weight excluding hydrogens is 374 g/mol. The summed E-state index contributed by atoms with van der Waals surface area (Å²) in [7, 11) is 0. The van der Waals surface area contributed by atoms with Crippen molar-refractivity contribution < 1.29 is 9.59 Å². The normalized spacial score (nSPS) is 32.7. The van der Waals surface area contributed by atoms with Crippen molar-refractivity contribution in [1.29, 1.82) is 0 Å². The molecule has 3 fully saturated rings. The first kappa shape index (κ1) is 20.0. The second-order valence-electron chi connectivity index (χ2n) is 10.0. The van der Waals surface area contributed by atoms with Crippen molar-refractivity contribution in [2.24, 2.45) is 17.6 Å². The Morgan fingerprint density at radius 3 is 2.40 bits per heavy atom. The molecule has 2 atom stereocenters. The summed E-state index contributed by atoms with van der Waals surface area (Å²) in [5.74, 6) is 1.07. The topological polar surface area (TPSA) is 66.6 Å². The fraction of sp³-hybridized carbons (Fsp3) is 0.680. The summed E-state index contributed by atoms with van der Waals surface area (Å²) in [6.45, 7) is 2.18. The highest BCUT2D eigenvalue weighted by atomic mass is 16.2. The number of primary amides is 1. The van der Waals surface area contributed by atoms with E-state index in [2.05, 4.69) is 4.90 Å². The third-order valence-electron chi connectivity index (χ3n) is 8.34. The van der Waals surface area contributed by atoms with Crippen LogP contribution in [-0.4, -0.2) is 41.9 Å². The van der Waals surface area contributed by atoms with Crippen molar-refractivity contribution in [3.63, 3.8) is 0 Å². The zero-order valence-electron chi connectivity index (χ0n) is 18.0. The van der Waals surface area contributed by atoms with Gasteiger partial charge in [-0.25, -0.2) is 0 Å². The van der Waals surface area contributed by atoms with Gasteiger partial charge in [-0.3, -0.25) is 14.5 Å². The molecule has 30 heavy (non-hydrogen) atoms. The number of benzene rings is 1. The lowest BCUT2D eigenvalue weighted by molar-refractivity contribution is -0.124. The maximum atomic E-state index is 13.3. The van der Waals surface area contributed by atoms with Gasteiger partial charge in [-0.1, -0.05) is 43.9 Å². The summed E-state index contributed by atoms with van der Waals surface area (Å²) in [5, 5.41) is 0. The van der Waals surface area contributed by atoms with Gasteiger partial charge in [0.15, 0.2) is 0 Å². The molecule has 2 aliphatic heterocycles. The summed E-state index contributed by atoms with van der Waals surface area (Å²) < 4.78 is 0. The highest BCUT2D eigenvalue weighted by Gasteiger charge is 2.43. The molecule has 2 saturated carbocycles. The Balaban J connectivity index is 1.30. The van der Waals surface area contributed by atoms with E-state index >= 15 is 0 Å². The minimum absolute atomic E-state index is 0.0683. The molecule has 0 radical (unpaired) electrons. The molecule has 5 rings (SSSR count). The van der Waals surface area contributed by atoms with Gasteiger partial charge in [0.25, 0.3) is 0 Å². The SMILES string of the molecule is NC(=O)CC1C(=O)N(C2CCN(C3CC4CCCC3CCC4)CC2)c2ccccc21. The van der Waals surface area contributed by atoms with Gasteiger partial charge in [0.05, 0.1) is 5.92 Å². The Bertz CT molecular complexity index is 791. The Morgan fingerprint density at radius 2 is 1.70 bits per heavy atom. The fourth-order valence-electron chi connectivity index (χ4n) is 6.90. The van der Waals surface area contributed by atoms with Crippen molar-refractivity contribution >= 4 is 17.5 Å². The third-order valence-corrected chi connectivity index (χ3v) is 8.34.